The topological polar surface area (TPSA) is 79.8 Å². The summed E-state index contributed by atoms with van der Waals surface area (Å²) in [6.45, 7) is 0.0947. The van der Waals surface area contributed by atoms with E-state index >= 15 is 0 Å². The first kappa shape index (κ1) is 13.1. The molecule has 0 atom stereocenters. The standard InChI is InChI=1S/C11H16N2O4/c1-16-8-3-4-9(10(7-8)17-2)13-11(15)12-5-6-14/h3-4,7,14H,5-6H2,1-2H3,(H2,12,13,15). The maximum Gasteiger partial charge on any atom is 0.319 e. The molecule has 0 aliphatic heterocycles. The van der Waals surface area contributed by atoms with E-state index in [9.17, 15) is 4.79 Å². The van der Waals surface area contributed by atoms with Crippen LogP contribution in [0.25, 0.3) is 0 Å². The van der Waals surface area contributed by atoms with E-state index in [1.807, 2.05) is 0 Å². The third kappa shape index (κ3) is 3.84. The van der Waals surface area contributed by atoms with Crippen LogP contribution in [-0.4, -0.2) is 38.5 Å². The molecule has 0 bridgehead atoms. The molecule has 0 spiro atoms. The fourth-order valence-corrected chi connectivity index (χ4v) is 1.24. The molecule has 1 aromatic carbocycles. The molecule has 1 rings (SSSR count). The van der Waals surface area contributed by atoms with Crippen molar-refractivity contribution in [2.45, 2.75) is 0 Å². The summed E-state index contributed by atoms with van der Waals surface area (Å²) in [4.78, 5) is 11.4. The molecular formula is C11H16N2O4. The fourth-order valence-electron chi connectivity index (χ4n) is 1.24. The Morgan fingerprint density at radius 2 is 2.12 bits per heavy atom. The highest BCUT2D eigenvalue weighted by Crippen LogP contribution is 2.28. The van der Waals surface area contributed by atoms with Gasteiger partial charge < -0.3 is 25.2 Å². The molecule has 0 fully saturated rings. The summed E-state index contributed by atoms with van der Waals surface area (Å²) in [5.74, 6) is 1.15. The zero-order chi connectivity index (χ0) is 12.7. The molecule has 0 aromatic heterocycles. The Balaban J connectivity index is 2.73. The largest absolute Gasteiger partial charge is 0.497 e. The van der Waals surface area contributed by atoms with Gasteiger partial charge in [0.15, 0.2) is 0 Å². The molecule has 0 radical (unpaired) electrons. The Morgan fingerprint density at radius 1 is 1.35 bits per heavy atom. The molecule has 2 amide bonds. The van der Waals surface area contributed by atoms with E-state index in [-0.39, 0.29) is 13.2 Å². The number of aliphatic hydroxyl groups is 1. The van der Waals surface area contributed by atoms with Gasteiger partial charge in [-0.25, -0.2) is 4.79 Å². The van der Waals surface area contributed by atoms with E-state index in [2.05, 4.69) is 10.6 Å². The number of ether oxygens (including phenoxy) is 2. The third-order valence-corrected chi connectivity index (χ3v) is 2.05. The minimum absolute atomic E-state index is 0.104. The Bertz CT molecular complexity index is 382. The molecule has 0 saturated carbocycles. The first-order valence-corrected chi connectivity index (χ1v) is 5.09. The second-order valence-corrected chi connectivity index (χ2v) is 3.17. The lowest BCUT2D eigenvalue weighted by Crippen LogP contribution is -2.31. The van der Waals surface area contributed by atoms with Gasteiger partial charge in [0.05, 0.1) is 26.5 Å². The summed E-state index contributed by atoms with van der Waals surface area (Å²) in [5.41, 5.74) is 0.531. The van der Waals surface area contributed by atoms with Crippen LogP contribution >= 0.6 is 0 Å². The molecule has 0 aliphatic rings. The van der Waals surface area contributed by atoms with Crippen LogP contribution in [-0.2, 0) is 0 Å². The Kier molecular flexibility index (Phi) is 5.09. The van der Waals surface area contributed by atoms with E-state index in [4.69, 9.17) is 14.6 Å². The normalized spacial score (nSPS) is 9.59. The first-order chi connectivity index (χ1) is 8.21. The predicted molar refractivity (Wildman–Crippen MR) is 63.7 cm³/mol. The van der Waals surface area contributed by atoms with Gasteiger partial charge in [-0.3, -0.25) is 0 Å². The average Bonchev–Trinajstić information content (AvgIpc) is 2.36. The fraction of sp³-hybridized carbons (Fsp3) is 0.364. The van der Waals surface area contributed by atoms with Crippen molar-refractivity contribution in [3.8, 4) is 11.5 Å². The van der Waals surface area contributed by atoms with Gasteiger partial charge in [0.2, 0.25) is 0 Å². The van der Waals surface area contributed by atoms with Crippen molar-refractivity contribution in [1.29, 1.82) is 0 Å². The van der Waals surface area contributed by atoms with Crippen LogP contribution in [0.2, 0.25) is 0 Å². The number of hydrogen-bond acceptors (Lipinski definition) is 4. The van der Waals surface area contributed by atoms with E-state index in [0.29, 0.717) is 17.2 Å². The minimum atomic E-state index is -0.400. The van der Waals surface area contributed by atoms with Crippen LogP contribution in [0.15, 0.2) is 18.2 Å². The maximum atomic E-state index is 11.4. The number of benzene rings is 1. The average molecular weight is 240 g/mol. The monoisotopic (exact) mass is 240 g/mol. The number of aliphatic hydroxyl groups excluding tert-OH is 1. The number of carbonyl (C=O) groups is 1. The quantitative estimate of drug-likeness (QED) is 0.711. The molecule has 0 heterocycles. The van der Waals surface area contributed by atoms with Crippen molar-refractivity contribution < 1.29 is 19.4 Å². The lowest BCUT2D eigenvalue weighted by molar-refractivity contribution is 0.244. The van der Waals surface area contributed by atoms with Gasteiger partial charge >= 0.3 is 6.03 Å². The summed E-state index contributed by atoms with van der Waals surface area (Å²) in [7, 11) is 3.06. The van der Waals surface area contributed by atoms with E-state index in [1.165, 1.54) is 7.11 Å². The van der Waals surface area contributed by atoms with Crippen LogP contribution in [0.5, 0.6) is 11.5 Å². The van der Waals surface area contributed by atoms with Gasteiger partial charge in [-0.05, 0) is 12.1 Å². The van der Waals surface area contributed by atoms with Crippen LogP contribution in [0.4, 0.5) is 10.5 Å². The molecule has 0 aliphatic carbocycles. The van der Waals surface area contributed by atoms with Crippen molar-refractivity contribution in [2.24, 2.45) is 0 Å². The molecule has 3 N–H and O–H groups in total. The molecule has 17 heavy (non-hydrogen) atoms. The number of carbonyl (C=O) groups excluding carboxylic acids is 1. The Morgan fingerprint density at radius 3 is 2.71 bits per heavy atom. The van der Waals surface area contributed by atoms with E-state index in [1.54, 1.807) is 25.3 Å². The number of methoxy groups -OCH3 is 2. The number of rotatable bonds is 5. The number of hydrogen-bond donors (Lipinski definition) is 3. The highest BCUT2D eigenvalue weighted by Gasteiger charge is 2.07. The van der Waals surface area contributed by atoms with Crippen molar-refractivity contribution in [1.82, 2.24) is 5.32 Å². The third-order valence-electron chi connectivity index (χ3n) is 2.05. The summed E-state index contributed by atoms with van der Waals surface area (Å²) in [6, 6.07) is 4.66. The highest BCUT2D eigenvalue weighted by atomic mass is 16.5. The highest BCUT2D eigenvalue weighted by molar-refractivity contribution is 5.91. The second-order valence-electron chi connectivity index (χ2n) is 3.17. The van der Waals surface area contributed by atoms with Crippen LogP contribution in [0, 0.1) is 0 Å². The summed E-state index contributed by atoms with van der Waals surface area (Å²) in [5, 5.41) is 13.6. The smallest absolute Gasteiger partial charge is 0.319 e. The van der Waals surface area contributed by atoms with Crippen LogP contribution in [0.3, 0.4) is 0 Å². The molecule has 94 valence electrons. The molecule has 1 aromatic rings. The number of nitrogens with one attached hydrogen (secondary N) is 2. The maximum absolute atomic E-state index is 11.4. The first-order valence-electron chi connectivity index (χ1n) is 5.09. The zero-order valence-electron chi connectivity index (χ0n) is 9.82. The lowest BCUT2D eigenvalue weighted by atomic mass is 10.2. The summed E-state index contributed by atoms with van der Waals surface area (Å²) >= 11 is 0. The SMILES string of the molecule is COc1ccc(NC(=O)NCCO)c(OC)c1. The van der Waals surface area contributed by atoms with Crippen molar-refractivity contribution >= 4 is 11.7 Å². The predicted octanol–water partition coefficient (Wildman–Crippen LogP) is 0.818. The van der Waals surface area contributed by atoms with Crippen LogP contribution in [0.1, 0.15) is 0 Å². The second kappa shape index (κ2) is 6.59. The van der Waals surface area contributed by atoms with Gasteiger partial charge in [-0.1, -0.05) is 0 Å². The van der Waals surface area contributed by atoms with E-state index in [0.717, 1.165) is 0 Å². The van der Waals surface area contributed by atoms with Crippen molar-refractivity contribution in [2.75, 3.05) is 32.7 Å². The summed E-state index contributed by atoms with van der Waals surface area (Å²) < 4.78 is 10.2. The minimum Gasteiger partial charge on any atom is -0.497 e. The summed E-state index contributed by atoms with van der Waals surface area (Å²) in [6.07, 6.45) is 0. The molecule has 0 saturated heterocycles. The van der Waals surface area contributed by atoms with Gasteiger partial charge in [-0.2, -0.15) is 0 Å². The number of amides is 2. The molecule has 6 heteroatoms. The Hall–Kier alpha value is -1.95. The molecule has 6 nitrogen and oxygen atoms in total. The number of anilines is 1. The van der Waals surface area contributed by atoms with Crippen LogP contribution < -0.4 is 20.1 Å². The Labute approximate surface area is 99.5 Å². The van der Waals surface area contributed by atoms with Crippen molar-refractivity contribution in [3.05, 3.63) is 18.2 Å². The van der Waals surface area contributed by atoms with Crippen molar-refractivity contribution in [3.63, 3.8) is 0 Å². The van der Waals surface area contributed by atoms with Gasteiger partial charge in [0.1, 0.15) is 11.5 Å². The zero-order valence-corrected chi connectivity index (χ0v) is 9.82. The van der Waals surface area contributed by atoms with Gasteiger partial charge in [0.25, 0.3) is 0 Å². The van der Waals surface area contributed by atoms with Gasteiger partial charge in [-0.15, -0.1) is 0 Å². The lowest BCUT2D eigenvalue weighted by Gasteiger charge is -2.11. The van der Waals surface area contributed by atoms with Gasteiger partial charge in [0, 0.05) is 12.6 Å². The molecular weight excluding hydrogens is 224 g/mol. The number of urea groups is 1. The molecule has 0 unspecified atom stereocenters. The van der Waals surface area contributed by atoms with E-state index < -0.39 is 6.03 Å².